The zero-order valence-electron chi connectivity index (χ0n) is 13.0. The van der Waals surface area contributed by atoms with E-state index in [4.69, 9.17) is 16.9 Å². The number of nitrogens with zero attached hydrogens (tertiary/aromatic N) is 3. The summed E-state index contributed by atoms with van der Waals surface area (Å²) in [5.74, 6) is 0. The number of aliphatic hydroxyl groups excluding tert-OH is 2. The van der Waals surface area contributed by atoms with Gasteiger partial charge in [-0.1, -0.05) is 11.6 Å². The second-order valence-corrected chi connectivity index (χ2v) is 6.55. The summed E-state index contributed by atoms with van der Waals surface area (Å²) in [6.07, 6.45) is -0.102. The lowest BCUT2D eigenvalue weighted by Gasteiger charge is -2.36. The van der Waals surface area contributed by atoms with Crippen LogP contribution in [0.5, 0.6) is 0 Å². The molecule has 0 unspecified atom stereocenters. The molecule has 2 fully saturated rings. The summed E-state index contributed by atoms with van der Waals surface area (Å²) in [7, 11) is 1.60. The number of nitriles is 1. The highest BCUT2D eigenvalue weighted by molar-refractivity contribution is 6.33. The summed E-state index contributed by atoms with van der Waals surface area (Å²) < 4.78 is 0. The quantitative estimate of drug-likeness (QED) is 0.821. The van der Waals surface area contributed by atoms with Crippen LogP contribution in [0.25, 0.3) is 0 Å². The Morgan fingerprint density at radius 3 is 2.70 bits per heavy atom. The first-order chi connectivity index (χ1) is 10.9. The number of carbonyl (C=O) groups excluding carboxylic acids is 1. The van der Waals surface area contributed by atoms with Gasteiger partial charge in [-0.2, -0.15) is 5.26 Å². The minimum atomic E-state index is -1.17. The predicted molar refractivity (Wildman–Crippen MR) is 85.1 cm³/mol. The minimum Gasteiger partial charge on any atom is -0.390 e. The summed E-state index contributed by atoms with van der Waals surface area (Å²) in [5, 5.41) is 30.5. The van der Waals surface area contributed by atoms with E-state index < -0.39 is 17.9 Å². The summed E-state index contributed by atoms with van der Waals surface area (Å²) in [6.45, 7) is 1.70. The SMILES string of the molecule is Cc1c(N2C(=O)N(C)[C@@]3(CCC[C@H]3O)[C@H]2O)ccc(C#N)c1Cl. The first kappa shape index (κ1) is 16.1. The van der Waals surface area contributed by atoms with Gasteiger partial charge in [-0.05, 0) is 43.9 Å². The Morgan fingerprint density at radius 1 is 1.43 bits per heavy atom. The van der Waals surface area contributed by atoms with Crippen molar-refractivity contribution in [2.75, 3.05) is 11.9 Å². The van der Waals surface area contributed by atoms with Crippen LogP contribution in [0.1, 0.15) is 30.4 Å². The number of likely N-dealkylation sites (N-methyl/N-ethyl adjacent to an activating group) is 1. The lowest BCUT2D eigenvalue weighted by Crippen LogP contribution is -2.56. The standard InChI is InChI=1S/C16H18ClN3O3/c1-9-11(6-5-10(8-18)13(9)17)20-14(22)16(19(2)15(20)23)7-3-4-12(16)21/h5-6,12,14,21-22H,3-4,7H2,1-2H3/t12-,14-,16-/m1/s1. The fourth-order valence-corrected chi connectivity index (χ4v) is 3.99. The highest BCUT2D eigenvalue weighted by Crippen LogP contribution is 2.46. The molecule has 0 radical (unpaired) electrons. The van der Waals surface area contributed by atoms with Crippen LogP contribution in [-0.4, -0.2) is 46.1 Å². The van der Waals surface area contributed by atoms with Gasteiger partial charge < -0.3 is 15.1 Å². The Bertz CT molecular complexity index is 717. The molecule has 122 valence electrons. The molecule has 1 saturated heterocycles. The molecule has 0 aromatic heterocycles. The van der Waals surface area contributed by atoms with Gasteiger partial charge in [0.15, 0.2) is 6.23 Å². The van der Waals surface area contributed by atoms with Gasteiger partial charge in [-0.25, -0.2) is 4.79 Å². The number of benzene rings is 1. The van der Waals surface area contributed by atoms with E-state index in [9.17, 15) is 15.0 Å². The molecule has 1 heterocycles. The van der Waals surface area contributed by atoms with Gasteiger partial charge in [-0.3, -0.25) is 4.90 Å². The molecule has 0 bridgehead atoms. The third kappa shape index (κ3) is 1.97. The van der Waals surface area contributed by atoms with E-state index in [0.717, 1.165) is 6.42 Å². The van der Waals surface area contributed by atoms with E-state index in [-0.39, 0.29) is 11.1 Å². The monoisotopic (exact) mass is 335 g/mol. The molecule has 23 heavy (non-hydrogen) atoms. The number of hydrogen-bond acceptors (Lipinski definition) is 4. The van der Waals surface area contributed by atoms with Crippen molar-refractivity contribution in [2.24, 2.45) is 0 Å². The highest BCUT2D eigenvalue weighted by atomic mass is 35.5. The van der Waals surface area contributed by atoms with Crippen molar-refractivity contribution in [3.05, 3.63) is 28.3 Å². The number of halogens is 1. The maximum absolute atomic E-state index is 12.7. The van der Waals surface area contributed by atoms with Gasteiger partial charge >= 0.3 is 6.03 Å². The third-order valence-corrected chi connectivity index (χ3v) is 5.67. The van der Waals surface area contributed by atoms with Crippen molar-refractivity contribution in [2.45, 2.75) is 44.1 Å². The lowest BCUT2D eigenvalue weighted by atomic mass is 9.92. The van der Waals surface area contributed by atoms with E-state index in [1.165, 1.54) is 15.9 Å². The third-order valence-electron chi connectivity index (χ3n) is 5.18. The van der Waals surface area contributed by atoms with Crippen molar-refractivity contribution in [1.29, 1.82) is 5.26 Å². The zero-order valence-corrected chi connectivity index (χ0v) is 13.7. The molecule has 1 spiro atoms. The van der Waals surface area contributed by atoms with Crippen molar-refractivity contribution in [3.8, 4) is 6.07 Å². The van der Waals surface area contributed by atoms with Crippen LogP contribution < -0.4 is 4.90 Å². The van der Waals surface area contributed by atoms with E-state index >= 15 is 0 Å². The molecule has 7 heteroatoms. The molecule has 3 rings (SSSR count). The first-order valence-electron chi connectivity index (χ1n) is 7.48. The number of rotatable bonds is 1. The Balaban J connectivity index is 2.10. The van der Waals surface area contributed by atoms with Crippen molar-refractivity contribution in [1.82, 2.24) is 4.90 Å². The second kappa shape index (κ2) is 5.38. The second-order valence-electron chi connectivity index (χ2n) is 6.17. The average molecular weight is 336 g/mol. The summed E-state index contributed by atoms with van der Waals surface area (Å²) in [4.78, 5) is 15.4. The Labute approximate surface area is 139 Å². The minimum absolute atomic E-state index is 0.264. The Morgan fingerprint density at radius 2 is 2.13 bits per heavy atom. The molecular weight excluding hydrogens is 318 g/mol. The lowest BCUT2D eigenvalue weighted by molar-refractivity contribution is -0.0310. The van der Waals surface area contributed by atoms with Crippen LogP contribution in [0.4, 0.5) is 10.5 Å². The predicted octanol–water partition coefficient (Wildman–Crippen LogP) is 1.99. The largest absolute Gasteiger partial charge is 0.390 e. The Hall–Kier alpha value is -1.81. The Kier molecular flexibility index (Phi) is 3.75. The first-order valence-corrected chi connectivity index (χ1v) is 7.86. The molecule has 2 N–H and O–H groups in total. The zero-order chi connectivity index (χ0) is 16.9. The molecule has 2 aliphatic rings. The van der Waals surface area contributed by atoms with Gasteiger partial charge in [0, 0.05) is 7.05 Å². The maximum atomic E-state index is 12.7. The maximum Gasteiger partial charge on any atom is 0.327 e. The molecule has 1 aromatic rings. The number of carbonyl (C=O) groups is 1. The molecule has 1 aromatic carbocycles. The van der Waals surface area contributed by atoms with Gasteiger partial charge in [0.25, 0.3) is 0 Å². The number of aliphatic hydroxyl groups is 2. The number of hydrogen-bond donors (Lipinski definition) is 2. The number of amides is 2. The van der Waals surface area contributed by atoms with Crippen molar-refractivity contribution >= 4 is 23.3 Å². The van der Waals surface area contributed by atoms with Crippen LogP contribution in [-0.2, 0) is 0 Å². The molecule has 1 aliphatic carbocycles. The summed E-state index contributed by atoms with van der Waals surface area (Å²) in [6, 6.07) is 4.74. The summed E-state index contributed by atoms with van der Waals surface area (Å²) in [5.41, 5.74) is 0.326. The van der Waals surface area contributed by atoms with E-state index in [0.29, 0.717) is 29.7 Å². The topological polar surface area (TPSA) is 87.8 Å². The van der Waals surface area contributed by atoms with Crippen LogP contribution in [0, 0.1) is 18.3 Å². The fourth-order valence-electron chi connectivity index (χ4n) is 3.79. The van der Waals surface area contributed by atoms with Crippen LogP contribution in [0.15, 0.2) is 12.1 Å². The van der Waals surface area contributed by atoms with Gasteiger partial charge in [0.05, 0.1) is 22.4 Å². The van der Waals surface area contributed by atoms with Crippen LogP contribution in [0.2, 0.25) is 5.02 Å². The summed E-state index contributed by atoms with van der Waals surface area (Å²) >= 11 is 6.18. The smallest absolute Gasteiger partial charge is 0.327 e. The van der Waals surface area contributed by atoms with Gasteiger partial charge in [-0.15, -0.1) is 0 Å². The van der Waals surface area contributed by atoms with Crippen LogP contribution >= 0.6 is 11.6 Å². The van der Waals surface area contributed by atoms with Crippen molar-refractivity contribution < 1.29 is 15.0 Å². The number of anilines is 1. The molecule has 1 aliphatic heterocycles. The van der Waals surface area contributed by atoms with Crippen LogP contribution in [0.3, 0.4) is 0 Å². The van der Waals surface area contributed by atoms with E-state index in [1.54, 1.807) is 20.0 Å². The fraction of sp³-hybridized carbons (Fsp3) is 0.500. The average Bonchev–Trinajstić information content (AvgIpc) is 3.00. The highest BCUT2D eigenvalue weighted by Gasteiger charge is 2.61. The van der Waals surface area contributed by atoms with Crippen molar-refractivity contribution in [3.63, 3.8) is 0 Å². The normalized spacial score (nSPS) is 30.3. The molecule has 2 amide bonds. The molecular formula is C16H18ClN3O3. The van der Waals surface area contributed by atoms with E-state index in [1.807, 2.05) is 6.07 Å². The van der Waals surface area contributed by atoms with Gasteiger partial charge in [0.2, 0.25) is 0 Å². The van der Waals surface area contributed by atoms with E-state index in [2.05, 4.69) is 0 Å². The molecule has 6 nitrogen and oxygen atoms in total. The number of urea groups is 1. The molecule has 3 atom stereocenters. The molecule has 1 saturated carbocycles. The van der Waals surface area contributed by atoms with Gasteiger partial charge in [0.1, 0.15) is 11.6 Å².